The number of thiazole rings is 1. The van der Waals surface area contributed by atoms with Gasteiger partial charge in [0.05, 0.1) is 13.3 Å². The van der Waals surface area contributed by atoms with Gasteiger partial charge in [-0.05, 0) is 59.3 Å². The highest BCUT2D eigenvalue weighted by atomic mass is 32.1. The van der Waals surface area contributed by atoms with Gasteiger partial charge in [-0.15, -0.1) is 0 Å². The van der Waals surface area contributed by atoms with E-state index in [0.29, 0.717) is 21.4 Å². The van der Waals surface area contributed by atoms with Gasteiger partial charge in [0.25, 0.3) is 5.91 Å². The standard InChI is InChI=1S/C21H18N4O2S/c1-27-18-9-5-14-10-17(8-4-15(14)11-18)24-21-23-12-19(28-21)25-20(26)13-2-6-16(22)7-3-13/h2-12H,22H2,1H3,(H,23,24)(H,25,26). The van der Waals surface area contributed by atoms with Crippen molar-refractivity contribution in [1.29, 1.82) is 0 Å². The molecule has 0 bridgehead atoms. The molecule has 0 spiro atoms. The highest BCUT2D eigenvalue weighted by Gasteiger charge is 2.09. The molecule has 140 valence electrons. The highest BCUT2D eigenvalue weighted by molar-refractivity contribution is 7.19. The number of amides is 1. The summed E-state index contributed by atoms with van der Waals surface area (Å²) < 4.78 is 5.26. The summed E-state index contributed by atoms with van der Waals surface area (Å²) in [6.07, 6.45) is 1.63. The van der Waals surface area contributed by atoms with Gasteiger partial charge in [-0.1, -0.05) is 23.5 Å². The molecule has 7 heteroatoms. The fourth-order valence-electron chi connectivity index (χ4n) is 2.76. The van der Waals surface area contributed by atoms with Gasteiger partial charge in [0.2, 0.25) is 0 Å². The van der Waals surface area contributed by atoms with Crippen LogP contribution in [0.25, 0.3) is 10.8 Å². The van der Waals surface area contributed by atoms with E-state index in [2.05, 4.69) is 15.6 Å². The number of carbonyl (C=O) groups is 1. The summed E-state index contributed by atoms with van der Waals surface area (Å²) in [6.45, 7) is 0. The molecular weight excluding hydrogens is 372 g/mol. The molecule has 4 N–H and O–H groups in total. The van der Waals surface area contributed by atoms with Crippen molar-refractivity contribution >= 4 is 49.5 Å². The largest absolute Gasteiger partial charge is 0.497 e. The highest BCUT2D eigenvalue weighted by Crippen LogP contribution is 2.29. The first-order valence-electron chi connectivity index (χ1n) is 8.58. The molecule has 28 heavy (non-hydrogen) atoms. The number of carbonyl (C=O) groups excluding carboxylic acids is 1. The minimum atomic E-state index is -0.199. The van der Waals surface area contributed by atoms with E-state index in [-0.39, 0.29) is 5.91 Å². The molecule has 0 unspecified atom stereocenters. The molecule has 0 saturated carbocycles. The maximum Gasteiger partial charge on any atom is 0.256 e. The van der Waals surface area contributed by atoms with Gasteiger partial charge in [-0.25, -0.2) is 4.98 Å². The number of hydrogen-bond acceptors (Lipinski definition) is 6. The molecule has 0 saturated heterocycles. The van der Waals surface area contributed by atoms with Crippen LogP contribution in [0.4, 0.5) is 21.5 Å². The number of ether oxygens (including phenoxy) is 1. The van der Waals surface area contributed by atoms with Crippen LogP contribution in [0, 0.1) is 0 Å². The first kappa shape index (κ1) is 17.8. The number of anilines is 4. The second kappa shape index (κ2) is 7.58. The average molecular weight is 390 g/mol. The van der Waals surface area contributed by atoms with Crippen LogP contribution in [0.15, 0.2) is 66.9 Å². The minimum Gasteiger partial charge on any atom is -0.497 e. The Morgan fingerprint density at radius 1 is 1.04 bits per heavy atom. The lowest BCUT2D eigenvalue weighted by molar-refractivity contribution is 0.102. The maximum atomic E-state index is 12.3. The molecule has 0 radical (unpaired) electrons. The molecule has 1 amide bonds. The lowest BCUT2D eigenvalue weighted by Crippen LogP contribution is -2.10. The molecule has 6 nitrogen and oxygen atoms in total. The predicted octanol–water partition coefficient (Wildman–Crippen LogP) is 4.88. The minimum absolute atomic E-state index is 0.199. The summed E-state index contributed by atoms with van der Waals surface area (Å²) in [6, 6.07) is 18.8. The van der Waals surface area contributed by atoms with E-state index in [1.165, 1.54) is 11.3 Å². The van der Waals surface area contributed by atoms with Crippen molar-refractivity contribution in [1.82, 2.24) is 4.98 Å². The molecule has 1 heterocycles. The fourth-order valence-corrected chi connectivity index (χ4v) is 3.49. The van der Waals surface area contributed by atoms with Crippen molar-refractivity contribution in [3.8, 4) is 5.75 Å². The Kier molecular flexibility index (Phi) is 4.82. The van der Waals surface area contributed by atoms with E-state index in [1.54, 1.807) is 37.6 Å². The van der Waals surface area contributed by atoms with Crippen LogP contribution in [-0.2, 0) is 0 Å². The Bertz CT molecular complexity index is 1140. The smallest absolute Gasteiger partial charge is 0.256 e. The number of hydrogen-bond donors (Lipinski definition) is 3. The second-order valence-corrected chi connectivity index (χ2v) is 7.19. The average Bonchev–Trinajstić information content (AvgIpc) is 3.14. The fraction of sp³-hybridized carbons (Fsp3) is 0.0476. The van der Waals surface area contributed by atoms with Crippen LogP contribution >= 0.6 is 11.3 Å². The third kappa shape index (κ3) is 3.89. The van der Waals surface area contributed by atoms with Gasteiger partial charge in [0, 0.05) is 16.9 Å². The summed E-state index contributed by atoms with van der Waals surface area (Å²) in [5.41, 5.74) is 7.73. The number of nitrogens with zero attached hydrogens (tertiary/aromatic N) is 1. The number of nitrogens with two attached hydrogens (primary N) is 1. The normalized spacial score (nSPS) is 10.6. The Labute approximate surface area is 166 Å². The summed E-state index contributed by atoms with van der Waals surface area (Å²) in [4.78, 5) is 16.6. The van der Waals surface area contributed by atoms with Crippen LogP contribution in [0.5, 0.6) is 5.75 Å². The van der Waals surface area contributed by atoms with E-state index in [0.717, 1.165) is 22.2 Å². The topological polar surface area (TPSA) is 89.3 Å². The van der Waals surface area contributed by atoms with Crippen molar-refractivity contribution in [3.63, 3.8) is 0 Å². The van der Waals surface area contributed by atoms with Crippen molar-refractivity contribution in [2.75, 3.05) is 23.5 Å². The number of nitrogens with one attached hydrogen (secondary N) is 2. The third-order valence-electron chi connectivity index (χ3n) is 4.21. The lowest BCUT2D eigenvalue weighted by atomic mass is 10.1. The molecule has 0 atom stereocenters. The second-order valence-electron chi connectivity index (χ2n) is 6.16. The number of rotatable bonds is 5. The van der Waals surface area contributed by atoms with Gasteiger partial charge < -0.3 is 21.1 Å². The zero-order chi connectivity index (χ0) is 19.5. The molecule has 3 aromatic carbocycles. The van der Waals surface area contributed by atoms with Gasteiger partial charge in [-0.3, -0.25) is 4.79 Å². The number of nitrogen functional groups attached to an aromatic ring is 1. The van der Waals surface area contributed by atoms with E-state index in [1.807, 2.05) is 36.4 Å². The number of methoxy groups -OCH3 is 1. The molecule has 4 rings (SSSR count). The number of benzene rings is 3. The van der Waals surface area contributed by atoms with E-state index in [4.69, 9.17) is 10.5 Å². The molecule has 1 aromatic heterocycles. The van der Waals surface area contributed by atoms with Crippen molar-refractivity contribution in [2.45, 2.75) is 0 Å². The predicted molar refractivity (Wildman–Crippen MR) is 115 cm³/mol. The summed E-state index contributed by atoms with van der Waals surface area (Å²) >= 11 is 1.37. The first-order valence-corrected chi connectivity index (χ1v) is 9.40. The Hall–Kier alpha value is -3.58. The van der Waals surface area contributed by atoms with Crippen LogP contribution in [0.1, 0.15) is 10.4 Å². The SMILES string of the molecule is COc1ccc2cc(Nc3ncc(NC(=O)c4ccc(N)cc4)s3)ccc2c1. The van der Waals surface area contributed by atoms with Crippen LogP contribution in [0.3, 0.4) is 0 Å². The molecule has 0 aliphatic rings. The van der Waals surface area contributed by atoms with Gasteiger partial charge in [0.1, 0.15) is 10.8 Å². The quantitative estimate of drug-likeness (QED) is 0.423. The Morgan fingerprint density at radius 3 is 2.57 bits per heavy atom. The third-order valence-corrected chi connectivity index (χ3v) is 5.04. The maximum absolute atomic E-state index is 12.3. The Morgan fingerprint density at radius 2 is 1.79 bits per heavy atom. The number of fused-ring (bicyclic) bond motifs is 1. The van der Waals surface area contributed by atoms with Gasteiger partial charge in [-0.2, -0.15) is 0 Å². The zero-order valence-electron chi connectivity index (χ0n) is 15.1. The van der Waals surface area contributed by atoms with E-state index < -0.39 is 0 Å². The summed E-state index contributed by atoms with van der Waals surface area (Å²) in [5.74, 6) is 0.629. The van der Waals surface area contributed by atoms with E-state index in [9.17, 15) is 4.79 Å². The van der Waals surface area contributed by atoms with Crippen LogP contribution in [-0.4, -0.2) is 18.0 Å². The summed E-state index contributed by atoms with van der Waals surface area (Å²) in [7, 11) is 1.66. The lowest BCUT2D eigenvalue weighted by Gasteiger charge is -2.06. The molecule has 0 aliphatic carbocycles. The number of aromatic nitrogens is 1. The Balaban J connectivity index is 1.46. The van der Waals surface area contributed by atoms with Gasteiger partial charge in [0.15, 0.2) is 5.13 Å². The van der Waals surface area contributed by atoms with E-state index >= 15 is 0 Å². The molecular formula is C21H18N4O2S. The molecule has 4 aromatic rings. The van der Waals surface area contributed by atoms with Crippen molar-refractivity contribution in [3.05, 3.63) is 72.4 Å². The monoisotopic (exact) mass is 390 g/mol. The van der Waals surface area contributed by atoms with Crippen LogP contribution < -0.4 is 21.1 Å². The van der Waals surface area contributed by atoms with Crippen molar-refractivity contribution in [2.24, 2.45) is 0 Å². The van der Waals surface area contributed by atoms with Crippen LogP contribution in [0.2, 0.25) is 0 Å². The summed E-state index contributed by atoms with van der Waals surface area (Å²) in [5, 5.41) is 9.67. The zero-order valence-corrected chi connectivity index (χ0v) is 15.9. The van der Waals surface area contributed by atoms with Crippen molar-refractivity contribution < 1.29 is 9.53 Å². The molecule has 0 fully saturated rings. The van der Waals surface area contributed by atoms with Gasteiger partial charge >= 0.3 is 0 Å². The molecule has 0 aliphatic heterocycles. The first-order chi connectivity index (χ1) is 13.6.